The molecule has 0 spiro atoms. The zero-order valence-corrected chi connectivity index (χ0v) is 12.8. The van der Waals surface area contributed by atoms with Crippen LogP contribution >= 0.6 is 0 Å². The number of nitrogens with zero attached hydrogens (tertiary/aromatic N) is 3. The van der Waals surface area contributed by atoms with Gasteiger partial charge in [0.2, 0.25) is 0 Å². The average Bonchev–Trinajstić information content (AvgIpc) is 2.88. The van der Waals surface area contributed by atoms with Crippen molar-refractivity contribution >= 4 is 11.6 Å². The molecule has 1 aliphatic heterocycles. The van der Waals surface area contributed by atoms with Crippen molar-refractivity contribution in [3.05, 3.63) is 11.4 Å². The summed E-state index contributed by atoms with van der Waals surface area (Å²) in [5.41, 5.74) is 1.17. The molecule has 0 bridgehead atoms. The molecule has 2 heterocycles. The van der Waals surface area contributed by atoms with Crippen LogP contribution in [0, 0.1) is 12.8 Å². The zero-order chi connectivity index (χ0) is 14.0. The summed E-state index contributed by atoms with van der Waals surface area (Å²) in [7, 11) is 1.93. The predicted molar refractivity (Wildman–Crippen MR) is 80.9 cm³/mol. The molecule has 1 saturated heterocycles. The van der Waals surface area contributed by atoms with Crippen molar-refractivity contribution in [3.63, 3.8) is 0 Å². The number of hydrogen-bond acceptors (Lipinski definition) is 4. The molecule has 1 aromatic heterocycles. The van der Waals surface area contributed by atoms with Gasteiger partial charge in [-0.3, -0.25) is 0 Å². The van der Waals surface area contributed by atoms with E-state index in [4.69, 9.17) is 4.98 Å². The first-order valence-corrected chi connectivity index (χ1v) is 7.40. The Morgan fingerprint density at radius 3 is 2.68 bits per heavy atom. The first kappa shape index (κ1) is 14.1. The van der Waals surface area contributed by atoms with E-state index in [-0.39, 0.29) is 0 Å². The van der Waals surface area contributed by atoms with Crippen LogP contribution in [0.2, 0.25) is 0 Å². The van der Waals surface area contributed by atoms with Gasteiger partial charge in [-0.15, -0.1) is 0 Å². The van der Waals surface area contributed by atoms with Gasteiger partial charge in [-0.2, -0.15) is 0 Å². The summed E-state index contributed by atoms with van der Waals surface area (Å²) < 4.78 is 0. The van der Waals surface area contributed by atoms with Crippen molar-refractivity contribution in [2.24, 2.45) is 5.92 Å². The highest BCUT2D eigenvalue weighted by atomic mass is 15.2. The van der Waals surface area contributed by atoms with E-state index in [1.807, 2.05) is 7.05 Å². The fourth-order valence-electron chi connectivity index (χ4n) is 2.98. The van der Waals surface area contributed by atoms with Crippen LogP contribution in [0.15, 0.2) is 0 Å². The van der Waals surface area contributed by atoms with Gasteiger partial charge in [0.25, 0.3) is 0 Å². The Morgan fingerprint density at radius 1 is 1.37 bits per heavy atom. The number of nitrogens with one attached hydrogen (secondary N) is 1. The van der Waals surface area contributed by atoms with Gasteiger partial charge < -0.3 is 10.2 Å². The standard InChI is InChI=1S/C15H26N4/c1-6-13-17-14(16-5)11(4)15(18-13)19-9-7-8-12(19)10(2)3/h10,12H,6-9H2,1-5H3,(H,16,17,18). The molecule has 0 saturated carbocycles. The van der Waals surface area contributed by atoms with Gasteiger partial charge in [-0.25, -0.2) is 9.97 Å². The Hall–Kier alpha value is -1.32. The first-order valence-electron chi connectivity index (χ1n) is 7.40. The molecule has 0 aliphatic carbocycles. The molecule has 106 valence electrons. The van der Waals surface area contributed by atoms with Crippen LogP contribution in [0.4, 0.5) is 11.6 Å². The number of rotatable bonds is 4. The molecule has 0 aromatic carbocycles. The second-order valence-corrected chi connectivity index (χ2v) is 5.69. The van der Waals surface area contributed by atoms with Crippen LogP contribution < -0.4 is 10.2 Å². The Morgan fingerprint density at radius 2 is 2.11 bits per heavy atom. The minimum Gasteiger partial charge on any atom is -0.373 e. The summed E-state index contributed by atoms with van der Waals surface area (Å²) in [6, 6.07) is 0.614. The van der Waals surface area contributed by atoms with Gasteiger partial charge >= 0.3 is 0 Å². The van der Waals surface area contributed by atoms with E-state index in [9.17, 15) is 0 Å². The van der Waals surface area contributed by atoms with Gasteiger partial charge in [0.05, 0.1) is 0 Å². The molecule has 1 unspecified atom stereocenters. The van der Waals surface area contributed by atoms with Crippen molar-refractivity contribution in [1.29, 1.82) is 0 Å². The van der Waals surface area contributed by atoms with Crippen molar-refractivity contribution in [1.82, 2.24) is 9.97 Å². The van der Waals surface area contributed by atoms with E-state index in [2.05, 4.69) is 42.9 Å². The predicted octanol–water partition coefficient (Wildman–Crippen LogP) is 3.01. The van der Waals surface area contributed by atoms with Crippen molar-refractivity contribution < 1.29 is 0 Å². The molecule has 1 N–H and O–H groups in total. The normalized spacial score (nSPS) is 19.3. The van der Waals surface area contributed by atoms with Crippen molar-refractivity contribution in [2.75, 3.05) is 23.8 Å². The molecular weight excluding hydrogens is 236 g/mol. The van der Waals surface area contributed by atoms with Crippen molar-refractivity contribution in [3.8, 4) is 0 Å². The van der Waals surface area contributed by atoms with Gasteiger partial charge in [0.15, 0.2) is 0 Å². The zero-order valence-electron chi connectivity index (χ0n) is 12.8. The van der Waals surface area contributed by atoms with Gasteiger partial charge in [0.1, 0.15) is 17.5 Å². The van der Waals surface area contributed by atoms with E-state index < -0.39 is 0 Å². The highest BCUT2D eigenvalue weighted by molar-refractivity contribution is 5.59. The smallest absolute Gasteiger partial charge is 0.137 e. The minimum atomic E-state index is 0.614. The summed E-state index contributed by atoms with van der Waals surface area (Å²) in [5, 5.41) is 3.20. The monoisotopic (exact) mass is 262 g/mol. The van der Waals surface area contributed by atoms with Crippen LogP contribution in [-0.4, -0.2) is 29.6 Å². The molecule has 1 aromatic rings. The van der Waals surface area contributed by atoms with E-state index in [1.54, 1.807) is 0 Å². The van der Waals surface area contributed by atoms with Crippen LogP contribution in [-0.2, 0) is 6.42 Å². The van der Waals surface area contributed by atoms with E-state index in [0.29, 0.717) is 12.0 Å². The third kappa shape index (κ3) is 2.67. The fraction of sp³-hybridized carbons (Fsp3) is 0.733. The number of aromatic nitrogens is 2. The maximum atomic E-state index is 4.79. The Balaban J connectivity index is 2.43. The van der Waals surface area contributed by atoms with E-state index in [0.717, 1.165) is 30.4 Å². The summed E-state index contributed by atoms with van der Waals surface area (Å²) >= 11 is 0. The largest absolute Gasteiger partial charge is 0.373 e. The Labute approximate surface area is 116 Å². The minimum absolute atomic E-state index is 0.614. The first-order chi connectivity index (χ1) is 9.08. The molecule has 2 rings (SSSR count). The highest BCUT2D eigenvalue weighted by Gasteiger charge is 2.30. The Kier molecular flexibility index (Phi) is 4.27. The fourth-order valence-corrected chi connectivity index (χ4v) is 2.98. The molecule has 4 heteroatoms. The van der Waals surface area contributed by atoms with Crippen molar-refractivity contribution in [2.45, 2.75) is 53.0 Å². The molecule has 4 nitrogen and oxygen atoms in total. The lowest BCUT2D eigenvalue weighted by molar-refractivity contribution is 0.488. The van der Waals surface area contributed by atoms with Crippen LogP contribution in [0.3, 0.4) is 0 Å². The molecular formula is C15H26N4. The molecule has 1 atom stereocenters. The van der Waals surface area contributed by atoms with E-state index >= 15 is 0 Å². The molecule has 0 radical (unpaired) electrons. The lowest BCUT2D eigenvalue weighted by Crippen LogP contribution is -2.35. The Bertz CT molecular complexity index is 442. The summed E-state index contributed by atoms with van der Waals surface area (Å²) in [6.07, 6.45) is 3.42. The third-order valence-corrected chi connectivity index (χ3v) is 4.06. The third-order valence-electron chi connectivity index (χ3n) is 4.06. The second kappa shape index (κ2) is 5.76. The van der Waals surface area contributed by atoms with Gasteiger partial charge in [-0.1, -0.05) is 20.8 Å². The van der Waals surface area contributed by atoms with E-state index in [1.165, 1.54) is 18.4 Å². The second-order valence-electron chi connectivity index (χ2n) is 5.69. The van der Waals surface area contributed by atoms with Crippen LogP contribution in [0.1, 0.15) is 45.0 Å². The molecule has 19 heavy (non-hydrogen) atoms. The lowest BCUT2D eigenvalue weighted by atomic mass is 10.0. The highest BCUT2D eigenvalue weighted by Crippen LogP contribution is 2.32. The summed E-state index contributed by atoms with van der Waals surface area (Å²) in [6.45, 7) is 9.96. The summed E-state index contributed by atoms with van der Waals surface area (Å²) in [5.74, 6) is 3.70. The number of aryl methyl sites for hydroxylation is 1. The quantitative estimate of drug-likeness (QED) is 0.905. The average molecular weight is 262 g/mol. The number of anilines is 2. The summed E-state index contributed by atoms with van der Waals surface area (Å²) in [4.78, 5) is 11.8. The molecule has 1 aliphatic rings. The molecule has 0 amide bonds. The van der Waals surface area contributed by atoms with Gasteiger partial charge in [-0.05, 0) is 25.7 Å². The number of hydrogen-bond donors (Lipinski definition) is 1. The maximum Gasteiger partial charge on any atom is 0.137 e. The van der Waals surface area contributed by atoms with Gasteiger partial charge in [0, 0.05) is 31.6 Å². The topological polar surface area (TPSA) is 41.1 Å². The van der Waals surface area contributed by atoms with Crippen LogP contribution in [0.25, 0.3) is 0 Å². The maximum absolute atomic E-state index is 4.79. The SMILES string of the molecule is CCc1nc(NC)c(C)c(N2CCCC2C(C)C)n1. The molecule has 1 fully saturated rings. The van der Waals surface area contributed by atoms with Crippen LogP contribution in [0.5, 0.6) is 0 Å². The lowest BCUT2D eigenvalue weighted by Gasteiger charge is -2.30.